The Hall–Kier alpha value is -0.310. The molecule has 0 aromatic carbocycles. The Kier molecular flexibility index (Phi) is 5.37. The van der Waals surface area contributed by atoms with Crippen LogP contribution in [0, 0.1) is 0 Å². The lowest BCUT2D eigenvalue weighted by atomic mass is 10.0. The molecule has 84 valence electrons. The number of hydrogen-bond donors (Lipinski definition) is 1. The molecule has 0 fully saturated rings. The molecule has 1 rings (SSSR count). The van der Waals surface area contributed by atoms with Crippen molar-refractivity contribution in [3.63, 3.8) is 0 Å². The summed E-state index contributed by atoms with van der Waals surface area (Å²) in [6.45, 7) is 2.17. The van der Waals surface area contributed by atoms with Gasteiger partial charge in [0.2, 0.25) is 0 Å². The van der Waals surface area contributed by atoms with Crippen molar-refractivity contribution in [2.45, 2.75) is 38.6 Å². The first-order valence-corrected chi connectivity index (χ1v) is 5.98. The van der Waals surface area contributed by atoms with Crippen molar-refractivity contribution in [3.8, 4) is 0 Å². The van der Waals surface area contributed by atoms with Gasteiger partial charge >= 0.3 is 0 Å². The van der Waals surface area contributed by atoms with Gasteiger partial charge in [-0.05, 0) is 12.5 Å². The summed E-state index contributed by atoms with van der Waals surface area (Å²) in [7, 11) is 0. The predicted octanol–water partition coefficient (Wildman–Crippen LogP) is 3.97. The number of hydrogen-bond acceptors (Lipinski definition) is 2. The van der Waals surface area contributed by atoms with Gasteiger partial charge in [-0.3, -0.25) is 0 Å². The number of unbranched alkanes of at least 4 members (excludes halogenated alkanes) is 2. The van der Waals surface area contributed by atoms with Crippen LogP contribution in [-0.2, 0) is 0 Å². The SMILES string of the molecule is CCCCC[C@H](N)c1ccc(Cl)nc1Cl. The molecular formula is C11H16Cl2N2. The quantitative estimate of drug-likeness (QED) is 0.631. The topological polar surface area (TPSA) is 38.9 Å². The lowest BCUT2D eigenvalue weighted by Crippen LogP contribution is -2.11. The van der Waals surface area contributed by atoms with Crippen molar-refractivity contribution in [3.05, 3.63) is 28.0 Å². The smallest absolute Gasteiger partial charge is 0.135 e. The third kappa shape index (κ3) is 3.98. The van der Waals surface area contributed by atoms with E-state index in [0.29, 0.717) is 10.3 Å². The Labute approximate surface area is 101 Å². The van der Waals surface area contributed by atoms with E-state index in [1.54, 1.807) is 6.07 Å². The Morgan fingerprint density at radius 3 is 2.67 bits per heavy atom. The average molecular weight is 247 g/mol. The molecule has 0 aliphatic rings. The van der Waals surface area contributed by atoms with E-state index in [1.165, 1.54) is 12.8 Å². The van der Waals surface area contributed by atoms with Crippen LogP contribution < -0.4 is 5.73 Å². The summed E-state index contributed by atoms with van der Waals surface area (Å²) in [5.74, 6) is 0. The highest BCUT2D eigenvalue weighted by Crippen LogP contribution is 2.24. The summed E-state index contributed by atoms with van der Waals surface area (Å²) in [6, 6.07) is 3.55. The van der Waals surface area contributed by atoms with Gasteiger partial charge in [-0.25, -0.2) is 4.98 Å². The monoisotopic (exact) mass is 246 g/mol. The number of aromatic nitrogens is 1. The molecule has 0 saturated carbocycles. The van der Waals surface area contributed by atoms with Gasteiger partial charge in [0, 0.05) is 11.6 Å². The average Bonchev–Trinajstić information content (AvgIpc) is 2.17. The fourth-order valence-corrected chi connectivity index (χ4v) is 1.95. The summed E-state index contributed by atoms with van der Waals surface area (Å²) in [5.41, 5.74) is 6.91. The van der Waals surface area contributed by atoms with Gasteiger partial charge in [0.25, 0.3) is 0 Å². The van der Waals surface area contributed by atoms with Gasteiger partial charge in [0.15, 0.2) is 0 Å². The second-order valence-electron chi connectivity index (χ2n) is 3.62. The number of rotatable bonds is 5. The molecule has 15 heavy (non-hydrogen) atoms. The Bertz CT molecular complexity index is 315. The molecule has 0 unspecified atom stereocenters. The fourth-order valence-electron chi connectivity index (χ4n) is 1.47. The number of pyridine rings is 1. The standard InChI is InChI=1S/C11H16Cl2N2/c1-2-3-4-5-9(14)8-6-7-10(12)15-11(8)13/h6-7,9H,2-5,14H2,1H3/t9-/m0/s1. The number of nitrogens with two attached hydrogens (primary N) is 1. The zero-order chi connectivity index (χ0) is 11.3. The molecule has 0 spiro atoms. The first-order chi connectivity index (χ1) is 7.15. The van der Waals surface area contributed by atoms with Crippen LogP contribution in [0.2, 0.25) is 10.3 Å². The van der Waals surface area contributed by atoms with Gasteiger partial charge in [0.05, 0.1) is 0 Å². The second-order valence-corrected chi connectivity index (χ2v) is 4.36. The molecule has 1 heterocycles. The van der Waals surface area contributed by atoms with Crippen molar-refractivity contribution in [1.29, 1.82) is 0 Å². The molecule has 2 nitrogen and oxygen atoms in total. The van der Waals surface area contributed by atoms with E-state index >= 15 is 0 Å². The van der Waals surface area contributed by atoms with Crippen molar-refractivity contribution in [1.82, 2.24) is 4.98 Å². The van der Waals surface area contributed by atoms with Gasteiger partial charge in [-0.15, -0.1) is 0 Å². The van der Waals surface area contributed by atoms with Gasteiger partial charge < -0.3 is 5.73 Å². The van der Waals surface area contributed by atoms with Crippen LogP contribution in [0.3, 0.4) is 0 Å². The Morgan fingerprint density at radius 2 is 2.07 bits per heavy atom. The molecule has 0 aliphatic heterocycles. The second kappa shape index (κ2) is 6.31. The summed E-state index contributed by atoms with van der Waals surface area (Å²) in [4.78, 5) is 3.97. The minimum absolute atomic E-state index is 0.0335. The van der Waals surface area contributed by atoms with E-state index in [4.69, 9.17) is 28.9 Å². The third-order valence-electron chi connectivity index (χ3n) is 2.36. The van der Waals surface area contributed by atoms with E-state index in [0.717, 1.165) is 18.4 Å². The molecule has 2 N–H and O–H groups in total. The highest BCUT2D eigenvalue weighted by atomic mass is 35.5. The maximum absolute atomic E-state index is 6.02. The minimum atomic E-state index is -0.0335. The van der Waals surface area contributed by atoms with Gasteiger partial charge in [0.1, 0.15) is 10.3 Å². The zero-order valence-corrected chi connectivity index (χ0v) is 10.4. The van der Waals surface area contributed by atoms with Gasteiger partial charge in [-0.2, -0.15) is 0 Å². The number of halogens is 2. The summed E-state index contributed by atoms with van der Waals surface area (Å²) in [6.07, 6.45) is 4.46. The maximum atomic E-state index is 6.02. The van der Waals surface area contributed by atoms with Crippen LogP contribution in [-0.4, -0.2) is 4.98 Å². The molecule has 0 bridgehead atoms. The first-order valence-electron chi connectivity index (χ1n) is 5.22. The van der Waals surface area contributed by atoms with Crippen LogP contribution in [0.15, 0.2) is 12.1 Å². The van der Waals surface area contributed by atoms with Crippen LogP contribution in [0.5, 0.6) is 0 Å². The molecule has 1 atom stereocenters. The normalized spacial score (nSPS) is 12.8. The van der Waals surface area contributed by atoms with E-state index in [1.807, 2.05) is 6.07 Å². The molecule has 0 amide bonds. The molecular weight excluding hydrogens is 231 g/mol. The van der Waals surface area contributed by atoms with Crippen LogP contribution in [0.4, 0.5) is 0 Å². The Balaban J connectivity index is 2.61. The first kappa shape index (κ1) is 12.8. The summed E-state index contributed by atoms with van der Waals surface area (Å²) >= 11 is 11.7. The zero-order valence-electron chi connectivity index (χ0n) is 8.84. The fraction of sp³-hybridized carbons (Fsp3) is 0.545. The predicted molar refractivity (Wildman–Crippen MR) is 65.3 cm³/mol. The largest absolute Gasteiger partial charge is 0.324 e. The van der Waals surface area contributed by atoms with Gasteiger partial charge in [-0.1, -0.05) is 55.5 Å². The van der Waals surface area contributed by atoms with Crippen molar-refractivity contribution >= 4 is 23.2 Å². The lowest BCUT2D eigenvalue weighted by Gasteiger charge is -2.12. The maximum Gasteiger partial charge on any atom is 0.135 e. The third-order valence-corrected chi connectivity index (χ3v) is 2.87. The van der Waals surface area contributed by atoms with E-state index < -0.39 is 0 Å². The molecule has 0 saturated heterocycles. The van der Waals surface area contributed by atoms with Crippen LogP contribution in [0.25, 0.3) is 0 Å². The molecule has 1 aromatic rings. The number of nitrogens with zero attached hydrogens (tertiary/aromatic N) is 1. The molecule has 4 heteroatoms. The highest BCUT2D eigenvalue weighted by molar-refractivity contribution is 6.32. The van der Waals surface area contributed by atoms with E-state index in [-0.39, 0.29) is 6.04 Å². The van der Waals surface area contributed by atoms with Crippen LogP contribution >= 0.6 is 23.2 Å². The van der Waals surface area contributed by atoms with E-state index in [2.05, 4.69) is 11.9 Å². The van der Waals surface area contributed by atoms with E-state index in [9.17, 15) is 0 Å². The minimum Gasteiger partial charge on any atom is -0.324 e. The van der Waals surface area contributed by atoms with Crippen molar-refractivity contribution in [2.24, 2.45) is 5.73 Å². The molecule has 1 aromatic heterocycles. The Morgan fingerprint density at radius 1 is 1.33 bits per heavy atom. The molecule has 0 radical (unpaired) electrons. The van der Waals surface area contributed by atoms with Crippen molar-refractivity contribution < 1.29 is 0 Å². The summed E-state index contributed by atoms with van der Waals surface area (Å²) in [5, 5.41) is 0.830. The summed E-state index contributed by atoms with van der Waals surface area (Å²) < 4.78 is 0. The molecule has 0 aliphatic carbocycles. The van der Waals surface area contributed by atoms with Crippen molar-refractivity contribution in [2.75, 3.05) is 0 Å². The van der Waals surface area contributed by atoms with Crippen LogP contribution in [0.1, 0.15) is 44.2 Å². The highest BCUT2D eigenvalue weighted by Gasteiger charge is 2.10. The lowest BCUT2D eigenvalue weighted by molar-refractivity contribution is 0.580.